The minimum Gasteiger partial charge on any atom is -0.342 e. The third-order valence-electron chi connectivity index (χ3n) is 4.74. The molecule has 0 spiro atoms. The van der Waals surface area contributed by atoms with Gasteiger partial charge in [0.25, 0.3) is 0 Å². The molecule has 1 amide bonds. The summed E-state index contributed by atoms with van der Waals surface area (Å²) >= 11 is 0. The van der Waals surface area contributed by atoms with E-state index in [0.29, 0.717) is 6.54 Å². The molecule has 2 aromatic heterocycles. The molecular formula is C19H19FN4O. The van der Waals surface area contributed by atoms with E-state index in [-0.39, 0.29) is 17.6 Å². The molecule has 0 aliphatic carbocycles. The number of hydrogen-bond donors (Lipinski definition) is 0. The van der Waals surface area contributed by atoms with E-state index in [1.807, 2.05) is 29.3 Å². The summed E-state index contributed by atoms with van der Waals surface area (Å²) in [4.78, 5) is 18.1. The van der Waals surface area contributed by atoms with Gasteiger partial charge < -0.3 is 4.90 Å². The highest BCUT2D eigenvalue weighted by Gasteiger charge is 2.25. The van der Waals surface area contributed by atoms with Crippen LogP contribution in [0.25, 0.3) is 16.8 Å². The van der Waals surface area contributed by atoms with Crippen molar-refractivity contribution in [2.24, 2.45) is 0 Å². The molecule has 0 radical (unpaired) electrons. The van der Waals surface area contributed by atoms with Crippen molar-refractivity contribution < 1.29 is 9.18 Å². The number of aromatic nitrogens is 3. The second-order valence-corrected chi connectivity index (χ2v) is 6.51. The number of benzene rings is 1. The lowest BCUT2D eigenvalue weighted by Crippen LogP contribution is -2.37. The van der Waals surface area contributed by atoms with Crippen LogP contribution in [0.4, 0.5) is 4.39 Å². The van der Waals surface area contributed by atoms with Crippen LogP contribution in [0, 0.1) is 5.82 Å². The molecule has 0 saturated carbocycles. The van der Waals surface area contributed by atoms with Crippen molar-refractivity contribution in [1.29, 1.82) is 0 Å². The fourth-order valence-corrected chi connectivity index (χ4v) is 3.39. The largest absolute Gasteiger partial charge is 0.342 e. The molecule has 0 unspecified atom stereocenters. The number of amides is 1. The molecule has 1 aromatic carbocycles. The Bertz CT molecular complexity index is 936. The minimum atomic E-state index is -0.261. The van der Waals surface area contributed by atoms with Gasteiger partial charge in [-0.2, -0.15) is 5.10 Å². The molecule has 25 heavy (non-hydrogen) atoms. The monoisotopic (exact) mass is 338 g/mol. The quantitative estimate of drug-likeness (QED) is 0.721. The number of carbonyl (C=O) groups excluding carboxylic acids is 1. The molecule has 128 valence electrons. The Morgan fingerprint density at radius 3 is 2.92 bits per heavy atom. The summed E-state index contributed by atoms with van der Waals surface area (Å²) in [7, 11) is 0. The fourth-order valence-electron chi connectivity index (χ4n) is 3.39. The smallest absolute Gasteiger partial charge is 0.219 e. The van der Waals surface area contributed by atoms with Gasteiger partial charge in [-0.15, -0.1) is 0 Å². The Labute approximate surface area is 145 Å². The summed E-state index contributed by atoms with van der Waals surface area (Å²) in [6.45, 7) is 3.08. The van der Waals surface area contributed by atoms with Crippen LogP contribution in [0.5, 0.6) is 0 Å². The van der Waals surface area contributed by atoms with E-state index in [0.717, 1.165) is 42.0 Å². The summed E-state index contributed by atoms with van der Waals surface area (Å²) in [6.07, 6.45) is 3.82. The van der Waals surface area contributed by atoms with Crippen LogP contribution in [0.1, 0.15) is 31.5 Å². The Morgan fingerprint density at radius 2 is 2.12 bits per heavy atom. The molecule has 3 aromatic rings. The molecule has 1 aliphatic heterocycles. The number of likely N-dealkylation sites (tertiary alicyclic amines) is 1. The maximum Gasteiger partial charge on any atom is 0.219 e. The van der Waals surface area contributed by atoms with Gasteiger partial charge in [0.05, 0.1) is 0 Å². The number of fused-ring (bicyclic) bond motifs is 1. The van der Waals surface area contributed by atoms with Crippen molar-refractivity contribution in [1.82, 2.24) is 19.5 Å². The Morgan fingerprint density at radius 1 is 1.24 bits per heavy atom. The highest BCUT2D eigenvalue weighted by molar-refractivity contribution is 5.73. The standard InChI is InChI=1S/C19H19FN4O/c1-13(25)23-9-3-5-16(11-23)19-21-18-8-7-15(12-24(18)22-19)14-4-2-6-17(20)10-14/h2,4,6-8,10,12,16H,3,5,9,11H2,1H3/t16-/m1/s1. The summed E-state index contributed by atoms with van der Waals surface area (Å²) in [5, 5.41) is 4.61. The number of pyridine rings is 1. The Balaban J connectivity index is 1.65. The number of hydrogen-bond acceptors (Lipinski definition) is 3. The van der Waals surface area contributed by atoms with E-state index >= 15 is 0 Å². The zero-order valence-electron chi connectivity index (χ0n) is 14.0. The van der Waals surface area contributed by atoms with Gasteiger partial charge in [0.2, 0.25) is 5.91 Å². The maximum atomic E-state index is 13.4. The first kappa shape index (κ1) is 15.7. The third kappa shape index (κ3) is 3.12. The topological polar surface area (TPSA) is 50.5 Å². The van der Waals surface area contributed by atoms with Crippen LogP contribution in [-0.4, -0.2) is 38.5 Å². The predicted octanol–water partition coefficient (Wildman–Crippen LogP) is 3.26. The fraction of sp³-hybridized carbons (Fsp3) is 0.316. The second-order valence-electron chi connectivity index (χ2n) is 6.51. The molecule has 6 heteroatoms. The number of rotatable bonds is 2. The van der Waals surface area contributed by atoms with Crippen LogP contribution in [0.2, 0.25) is 0 Å². The third-order valence-corrected chi connectivity index (χ3v) is 4.74. The molecule has 4 rings (SSSR count). The van der Waals surface area contributed by atoms with E-state index in [2.05, 4.69) is 10.1 Å². The van der Waals surface area contributed by atoms with E-state index in [4.69, 9.17) is 0 Å². The first-order valence-corrected chi connectivity index (χ1v) is 8.48. The van der Waals surface area contributed by atoms with Crippen LogP contribution >= 0.6 is 0 Å². The van der Waals surface area contributed by atoms with Crippen molar-refractivity contribution in [2.45, 2.75) is 25.7 Å². The van der Waals surface area contributed by atoms with Crippen molar-refractivity contribution in [2.75, 3.05) is 13.1 Å². The number of nitrogens with zero attached hydrogens (tertiary/aromatic N) is 4. The lowest BCUT2D eigenvalue weighted by atomic mass is 9.97. The molecule has 0 N–H and O–H groups in total. The van der Waals surface area contributed by atoms with Crippen LogP contribution in [0.3, 0.4) is 0 Å². The van der Waals surface area contributed by atoms with Crippen molar-refractivity contribution in [3.05, 3.63) is 54.2 Å². The minimum absolute atomic E-state index is 0.0989. The number of halogens is 1. The molecule has 1 aliphatic rings. The maximum absolute atomic E-state index is 13.4. The number of piperidine rings is 1. The summed E-state index contributed by atoms with van der Waals surface area (Å²) in [6, 6.07) is 10.3. The van der Waals surface area contributed by atoms with Gasteiger partial charge in [0, 0.05) is 37.7 Å². The van der Waals surface area contributed by atoms with Gasteiger partial charge in [-0.3, -0.25) is 4.79 Å². The lowest BCUT2D eigenvalue weighted by molar-refractivity contribution is -0.130. The predicted molar refractivity (Wildman–Crippen MR) is 92.6 cm³/mol. The molecule has 0 bridgehead atoms. The Kier molecular flexibility index (Phi) is 3.95. The number of carbonyl (C=O) groups is 1. The highest BCUT2D eigenvalue weighted by atomic mass is 19.1. The lowest BCUT2D eigenvalue weighted by Gasteiger charge is -2.30. The molecule has 1 saturated heterocycles. The molecular weight excluding hydrogens is 319 g/mol. The zero-order chi connectivity index (χ0) is 17.4. The van der Waals surface area contributed by atoms with Gasteiger partial charge in [-0.1, -0.05) is 12.1 Å². The van der Waals surface area contributed by atoms with Crippen LogP contribution < -0.4 is 0 Å². The highest BCUT2D eigenvalue weighted by Crippen LogP contribution is 2.26. The molecule has 1 atom stereocenters. The molecule has 3 heterocycles. The van der Waals surface area contributed by atoms with E-state index < -0.39 is 0 Å². The Hall–Kier alpha value is -2.76. The first-order valence-electron chi connectivity index (χ1n) is 8.48. The summed E-state index contributed by atoms with van der Waals surface area (Å²) in [5.41, 5.74) is 2.45. The average Bonchev–Trinajstić information content (AvgIpc) is 3.05. The summed E-state index contributed by atoms with van der Waals surface area (Å²) < 4.78 is 15.2. The molecule has 1 fully saturated rings. The van der Waals surface area contributed by atoms with Gasteiger partial charge in [-0.25, -0.2) is 13.9 Å². The second kappa shape index (κ2) is 6.27. The normalized spacial score (nSPS) is 17.8. The van der Waals surface area contributed by atoms with Gasteiger partial charge >= 0.3 is 0 Å². The van der Waals surface area contributed by atoms with Gasteiger partial charge in [0.15, 0.2) is 11.5 Å². The van der Waals surface area contributed by atoms with Crippen molar-refractivity contribution >= 4 is 11.6 Å². The van der Waals surface area contributed by atoms with E-state index in [9.17, 15) is 9.18 Å². The van der Waals surface area contributed by atoms with E-state index in [1.54, 1.807) is 17.5 Å². The van der Waals surface area contributed by atoms with Crippen LogP contribution in [0.15, 0.2) is 42.6 Å². The van der Waals surface area contributed by atoms with E-state index in [1.165, 1.54) is 12.1 Å². The first-order chi connectivity index (χ1) is 12.1. The van der Waals surface area contributed by atoms with Gasteiger partial charge in [0.1, 0.15) is 5.82 Å². The van der Waals surface area contributed by atoms with Crippen molar-refractivity contribution in [3.8, 4) is 11.1 Å². The zero-order valence-corrected chi connectivity index (χ0v) is 14.0. The average molecular weight is 338 g/mol. The van der Waals surface area contributed by atoms with Gasteiger partial charge in [-0.05, 0) is 42.7 Å². The molecule has 5 nitrogen and oxygen atoms in total. The summed E-state index contributed by atoms with van der Waals surface area (Å²) in [5.74, 6) is 0.766. The van der Waals surface area contributed by atoms with Crippen molar-refractivity contribution in [3.63, 3.8) is 0 Å². The SMILES string of the molecule is CC(=O)N1CCC[C@@H](c2nc3ccc(-c4cccc(F)c4)cn3n2)C1. The van der Waals surface area contributed by atoms with Crippen LogP contribution in [-0.2, 0) is 4.79 Å².